The van der Waals surface area contributed by atoms with Gasteiger partial charge in [-0.3, -0.25) is 10.2 Å². The summed E-state index contributed by atoms with van der Waals surface area (Å²) in [6.07, 6.45) is -5.08. The maximum Gasteiger partial charge on any atom is 0.490 e. The predicted molar refractivity (Wildman–Crippen MR) is 70.4 cm³/mol. The summed E-state index contributed by atoms with van der Waals surface area (Å²) in [4.78, 5) is 20.3. The standard InChI is InChI=1S/C11H16N2O.C2HF3O2/c1-9(2)8-12-13-11(14)10-6-4-3-5-7-10;3-2(4,5)1(6)7/h3-7,9,12H,8H2,1-2H3,(H,13,14);(H,6,7). The fourth-order valence-corrected chi connectivity index (χ4v) is 0.997. The van der Waals surface area contributed by atoms with E-state index in [4.69, 9.17) is 9.90 Å². The van der Waals surface area contributed by atoms with E-state index in [-0.39, 0.29) is 5.91 Å². The van der Waals surface area contributed by atoms with E-state index in [9.17, 15) is 18.0 Å². The summed E-state index contributed by atoms with van der Waals surface area (Å²) in [5, 5.41) is 7.12. The highest BCUT2D eigenvalue weighted by atomic mass is 19.4. The molecule has 0 fully saturated rings. The zero-order chi connectivity index (χ0) is 16.5. The maximum atomic E-state index is 11.5. The van der Waals surface area contributed by atoms with Gasteiger partial charge in [0.05, 0.1) is 0 Å². The molecule has 0 atom stereocenters. The predicted octanol–water partition coefficient (Wildman–Crippen LogP) is 2.21. The monoisotopic (exact) mass is 306 g/mol. The Morgan fingerprint density at radius 2 is 1.67 bits per heavy atom. The number of carboxylic acid groups (broad SMARTS) is 1. The molecule has 0 radical (unpaired) electrons. The van der Waals surface area contributed by atoms with Gasteiger partial charge in [0.2, 0.25) is 0 Å². The molecule has 3 N–H and O–H groups in total. The van der Waals surface area contributed by atoms with Crippen molar-refractivity contribution >= 4 is 11.9 Å². The van der Waals surface area contributed by atoms with Gasteiger partial charge in [0.15, 0.2) is 0 Å². The zero-order valence-electron chi connectivity index (χ0n) is 11.6. The Bertz CT molecular complexity index is 448. The van der Waals surface area contributed by atoms with Crippen LogP contribution in [0.3, 0.4) is 0 Å². The molecule has 0 aromatic heterocycles. The molecule has 0 saturated carbocycles. The van der Waals surface area contributed by atoms with Crippen LogP contribution < -0.4 is 10.9 Å². The van der Waals surface area contributed by atoms with Gasteiger partial charge in [-0.1, -0.05) is 32.0 Å². The SMILES string of the molecule is CC(C)CNNC(=O)c1ccccc1.O=C(O)C(F)(F)F. The topological polar surface area (TPSA) is 78.4 Å². The number of nitrogens with one attached hydrogen (secondary N) is 2. The molecule has 0 bridgehead atoms. The summed E-state index contributed by atoms with van der Waals surface area (Å²) in [5.41, 5.74) is 6.20. The maximum absolute atomic E-state index is 11.5. The minimum Gasteiger partial charge on any atom is -0.475 e. The van der Waals surface area contributed by atoms with Crippen molar-refractivity contribution < 1.29 is 27.9 Å². The van der Waals surface area contributed by atoms with Crippen LogP contribution in [-0.2, 0) is 4.79 Å². The summed E-state index contributed by atoms with van der Waals surface area (Å²) in [7, 11) is 0. The third-order valence-electron chi connectivity index (χ3n) is 1.99. The van der Waals surface area contributed by atoms with Crippen molar-refractivity contribution in [3.8, 4) is 0 Å². The summed E-state index contributed by atoms with van der Waals surface area (Å²) >= 11 is 0. The molecule has 1 aromatic rings. The molecule has 1 aromatic carbocycles. The average Bonchev–Trinajstić information content (AvgIpc) is 2.38. The van der Waals surface area contributed by atoms with Crippen molar-refractivity contribution in [2.24, 2.45) is 5.92 Å². The Labute approximate surface area is 120 Å². The van der Waals surface area contributed by atoms with Crippen molar-refractivity contribution in [2.75, 3.05) is 6.54 Å². The number of carboxylic acids is 1. The van der Waals surface area contributed by atoms with E-state index in [2.05, 4.69) is 24.7 Å². The molecule has 0 saturated heterocycles. The van der Waals surface area contributed by atoms with Crippen LogP contribution in [0.2, 0.25) is 0 Å². The molecule has 5 nitrogen and oxygen atoms in total. The highest BCUT2D eigenvalue weighted by molar-refractivity contribution is 5.93. The van der Waals surface area contributed by atoms with Crippen LogP contribution >= 0.6 is 0 Å². The first-order valence-electron chi connectivity index (χ1n) is 6.03. The second-order valence-corrected chi connectivity index (χ2v) is 4.40. The molecule has 0 heterocycles. The quantitative estimate of drug-likeness (QED) is 0.745. The van der Waals surface area contributed by atoms with E-state index in [0.717, 1.165) is 6.54 Å². The number of hydrazine groups is 1. The Morgan fingerprint density at radius 1 is 1.19 bits per heavy atom. The molecule has 0 unspecified atom stereocenters. The molecule has 21 heavy (non-hydrogen) atoms. The highest BCUT2D eigenvalue weighted by Crippen LogP contribution is 2.13. The number of alkyl halides is 3. The number of hydrogen-bond acceptors (Lipinski definition) is 3. The molecular formula is C13H17F3N2O3. The first kappa shape index (κ1) is 18.9. The largest absolute Gasteiger partial charge is 0.490 e. The number of rotatable bonds is 4. The first-order valence-corrected chi connectivity index (χ1v) is 6.03. The van der Waals surface area contributed by atoms with E-state index in [0.29, 0.717) is 11.5 Å². The zero-order valence-corrected chi connectivity index (χ0v) is 11.6. The Balaban J connectivity index is 0.000000486. The second kappa shape index (κ2) is 8.96. The fraction of sp³-hybridized carbons (Fsp3) is 0.385. The number of benzene rings is 1. The molecule has 1 amide bonds. The number of amides is 1. The van der Waals surface area contributed by atoms with E-state index >= 15 is 0 Å². The fourth-order valence-electron chi connectivity index (χ4n) is 0.997. The van der Waals surface area contributed by atoms with Crippen LogP contribution in [0.15, 0.2) is 30.3 Å². The van der Waals surface area contributed by atoms with Crippen LogP contribution in [-0.4, -0.2) is 29.7 Å². The van der Waals surface area contributed by atoms with Gasteiger partial charge >= 0.3 is 12.1 Å². The van der Waals surface area contributed by atoms with E-state index < -0.39 is 12.1 Å². The van der Waals surface area contributed by atoms with Crippen LogP contribution in [0.1, 0.15) is 24.2 Å². The van der Waals surface area contributed by atoms with Gasteiger partial charge in [-0.05, 0) is 18.1 Å². The molecule has 118 valence electrons. The second-order valence-electron chi connectivity index (χ2n) is 4.40. The van der Waals surface area contributed by atoms with Crippen LogP contribution in [0.4, 0.5) is 13.2 Å². The van der Waals surface area contributed by atoms with Gasteiger partial charge in [0, 0.05) is 12.1 Å². The lowest BCUT2D eigenvalue weighted by atomic mass is 10.2. The molecule has 0 aliphatic rings. The van der Waals surface area contributed by atoms with Gasteiger partial charge in [0.25, 0.3) is 5.91 Å². The van der Waals surface area contributed by atoms with Crippen LogP contribution in [0, 0.1) is 5.92 Å². The van der Waals surface area contributed by atoms with Gasteiger partial charge < -0.3 is 5.11 Å². The highest BCUT2D eigenvalue weighted by Gasteiger charge is 2.38. The lowest BCUT2D eigenvalue weighted by molar-refractivity contribution is -0.192. The molecule has 0 spiro atoms. The summed E-state index contributed by atoms with van der Waals surface area (Å²) in [5.74, 6) is -2.33. The van der Waals surface area contributed by atoms with Gasteiger partial charge in [-0.25, -0.2) is 10.2 Å². The average molecular weight is 306 g/mol. The van der Waals surface area contributed by atoms with Crippen molar-refractivity contribution in [2.45, 2.75) is 20.0 Å². The van der Waals surface area contributed by atoms with Crippen molar-refractivity contribution in [1.82, 2.24) is 10.9 Å². The third kappa shape index (κ3) is 9.44. The molecular weight excluding hydrogens is 289 g/mol. The van der Waals surface area contributed by atoms with Gasteiger partial charge in [0.1, 0.15) is 0 Å². The number of halogens is 3. The number of carbonyl (C=O) groups is 2. The lowest BCUT2D eigenvalue weighted by Gasteiger charge is -2.08. The molecule has 8 heteroatoms. The normalized spacial score (nSPS) is 10.6. The Kier molecular flexibility index (Phi) is 8.07. The molecule has 0 aliphatic carbocycles. The number of carbonyl (C=O) groups excluding carboxylic acids is 1. The third-order valence-corrected chi connectivity index (χ3v) is 1.99. The lowest BCUT2D eigenvalue weighted by Crippen LogP contribution is -2.39. The summed E-state index contributed by atoms with van der Waals surface area (Å²) in [6, 6.07) is 9.14. The van der Waals surface area contributed by atoms with E-state index in [1.807, 2.05) is 18.2 Å². The van der Waals surface area contributed by atoms with Crippen molar-refractivity contribution in [1.29, 1.82) is 0 Å². The van der Waals surface area contributed by atoms with E-state index in [1.165, 1.54) is 0 Å². The van der Waals surface area contributed by atoms with Crippen LogP contribution in [0.5, 0.6) is 0 Å². The Hall–Kier alpha value is -2.09. The van der Waals surface area contributed by atoms with E-state index in [1.54, 1.807) is 12.1 Å². The smallest absolute Gasteiger partial charge is 0.475 e. The van der Waals surface area contributed by atoms with Gasteiger partial charge in [-0.15, -0.1) is 0 Å². The van der Waals surface area contributed by atoms with Crippen molar-refractivity contribution in [3.63, 3.8) is 0 Å². The van der Waals surface area contributed by atoms with Crippen molar-refractivity contribution in [3.05, 3.63) is 35.9 Å². The van der Waals surface area contributed by atoms with Crippen LogP contribution in [0.25, 0.3) is 0 Å². The first-order chi connectivity index (χ1) is 9.64. The summed E-state index contributed by atoms with van der Waals surface area (Å²) < 4.78 is 31.7. The number of hydrogen-bond donors (Lipinski definition) is 3. The molecule has 1 rings (SSSR count). The number of aliphatic carboxylic acids is 1. The minimum atomic E-state index is -5.08. The minimum absolute atomic E-state index is 0.0914. The molecule has 0 aliphatic heterocycles. The van der Waals surface area contributed by atoms with Gasteiger partial charge in [-0.2, -0.15) is 13.2 Å². The Morgan fingerprint density at radius 3 is 2.05 bits per heavy atom. The summed E-state index contributed by atoms with van der Waals surface area (Å²) in [6.45, 7) is 4.95.